The largest absolute Gasteiger partial charge is 0.323 e. The van der Waals surface area contributed by atoms with Gasteiger partial charge in [-0.05, 0) is 5.57 Å². The Kier molecular flexibility index (Phi) is 10.6. The van der Waals surface area contributed by atoms with Crippen molar-refractivity contribution in [2.24, 2.45) is 0 Å². The molecule has 1 aliphatic rings. The zero-order valence-corrected chi connectivity index (χ0v) is 11.1. The number of amides is 2. The number of nitrogens with one attached hydrogen (secondary N) is 1. The highest BCUT2D eigenvalue weighted by atomic mass is 16.2. The number of urea groups is 1. The first-order valence-electron chi connectivity index (χ1n) is 5.68. The van der Waals surface area contributed by atoms with E-state index >= 15 is 0 Å². The molecular weight excluding hydrogens is 200 g/mol. The minimum absolute atomic E-state index is 0.110. The summed E-state index contributed by atoms with van der Waals surface area (Å²) in [7, 11) is 1.73. The SMILES string of the molecule is C=C/C=C1/CN(C)C(=O)NC1=C.CC.CC. The van der Waals surface area contributed by atoms with E-state index in [-0.39, 0.29) is 6.03 Å². The second kappa shape index (κ2) is 10.0. The van der Waals surface area contributed by atoms with E-state index in [1.54, 1.807) is 18.0 Å². The van der Waals surface area contributed by atoms with Crippen molar-refractivity contribution in [3.05, 3.63) is 36.6 Å². The summed E-state index contributed by atoms with van der Waals surface area (Å²) < 4.78 is 0. The molecule has 3 heteroatoms. The van der Waals surface area contributed by atoms with Gasteiger partial charge in [0.2, 0.25) is 0 Å². The second-order valence-corrected chi connectivity index (χ2v) is 2.69. The molecule has 1 N–H and O–H groups in total. The summed E-state index contributed by atoms with van der Waals surface area (Å²) in [5, 5.41) is 2.64. The Morgan fingerprint density at radius 3 is 2.25 bits per heavy atom. The molecule has 1 fully saturated rings. The lowest BCUT2D eigenvalue weighted by molar-refractivity contribution is 0.211. The Labute approximate surface area is 99.5 Å². The van der Waals surface area contributed by atoms with Gasteiger partial charge in [-0.15, -0.1) is 0 Å². The van der Waals surface area contributed by atoms with E-state index in [0.717, 1.165) is 5.57 Å². The van der Waals surface area contributed by atoms with Crippen LogP contribution < -0.4 is 5.32 Å². The monoisotopic (exact) mass is 224 g/mol. The number of carbonyl (C=O) groups is 1. The van der Waals surface area contributed by atoms with E-state index in [1.165, 1.54) is 0 Å². The number of hydrogen-bond acceptors (Lipinski definition) is 1. The number of likely N-dealkylation sites (N-methyl/N-ethyl adjacent to an activating group) is 1. The lowest BCUT2D eigenvalue weighted by Crippen LogP contribution is -2.43. The highest BCUT2D eigenvalue weighted by molar-refractivity contribution is 5.79. The summed E-state index contributed by atoms with van der Waals surface area (Å²) in [4.78, 5) is 12.6. The number of nitrogens with zero attached hydrogens (tertiary/aromatic N) is 1. The molecule has 0 aliphatic carbocycles. The van der Waals surface area contributed by atoms with Crippen LogP contribution in [0, 0.1) is 0 Å². The lowest BCUT2D eigenvalue weighted by atomic mass is 10.1. The maximum absolute atomic E-state index is 11.1. The highest BCUT2D eigenvalue weighted by Gasteiger charge is 2.18. The first kappa shape index (κ1) is 16.9. The van der Waals surface area contributed by atoms with Gasteiger partial charge in [0, 0.05) is 19.3 Å². The molecule has 0 atom stereocenters. The van der Waals surface area contributed by atoms with Crippen LogP contribution in [0.5, 0.6) is 0 Å². The summed E-state index contributed by atoms with van der Waals surface area (Å²) in [6.07, 6.45) is 3.53. The molecule has 1 heterocycles. The number of rotatable bonds is 1. The highest BCUT2D eigenvalue weighted by Crippen LogP contribution is 2.12. The molecule has 0 bridgehead atoms. The molecule has 0 spiro atoms. The van der Waals surface area contributed by atoms with Crippen LogP contribution in [0.25, 0.3) is 0 Å². The van der Waals surface area contributed by atoms with Gasteiger partial charge in [0.05, 0.1) is 0 Å². The zero-order chi connectivity index (χ0) is 13.1. The van der Waals surface area contributed by atoms with Crippen LogP contribution in [0.3, 0.4) is 0 Å². The van der Waals surface area contributed by atoms with Crippen LogP contribution in [0.15, 0.2) is 36.6 Å². The predicted molar refractivity (Wildman–Crippen MR) is 71.3 cm³/mol. The molecule has 1 saturated heterocycles. The van der Waals surface area contributed by atoms with E-state index in [9.17, 15) is 4.79 Å². The summed E-state index contributed by atoms with van der Waals surface area (Å²) in [6, 6.07) is -0.110. The molecule has 3 nitrogen and oxygen atoms in total. The topological polar surface area (TPSA) is 32.3 Å². The van der Waals surface area contributed by atoms with Gasteiger partial charge in [-0.25, -0.2) is 4.79 Å². The van der Waals surface area contributed by atoms with Crippen molar-refractivity contribution in [2.75, 3.05) is 13.6 Å². The Hall–Kier alpha value is -1.51. The normalized spacial score (nSPS) is 16.6. The van der Waals surface area contributed by atoms with Gasteiger partial charge in [-0.1, -0.05) is 53.0 Å². The molecule has 0 unspecified atom stereocenters. The van der Waals surface area contributed by atoms with Gasteiger partial charge in [-0.3, -0.25) is 0 Å². The van der Waals surface area contributed by atoms with Gasteiger partial charge in [0.1, 0.15) is 0 Å². The fourth-order valence-corrected chi connectivity index (χ4v) is 1.02. The maximum atomic E-state index is 11.1. The standard InChI is InChI=1S/C9H12N2O.2C2H6/c1-4-5-8-6-11(3)9(12)10-7(8)2;2*1-2/h4-5H,1-2,6H2,3H3,(H,10,12);2*1-2H3/b8-5-;;. The average molecular weight is 224 g/mol. The second-order valence-electron chi connectivity index (χ2n) is 2.69. The summed E-state index contributed by atoms with van der Waals surface area (Å²) >= 11 is 0. The number of hydrogen-bond donors (Lipinski definition) is 1. The maximum Gasteiger partial charge on any atom is 0.321 e. The molecule has 0 radical (unpaired) electrons. The van der Waals surface area contributed by atoms with Crippen molar-refractivity contribution < 1.29 is 4.79 Å². The fourth-order valence-electron chi connectivity index (χ4n) is 1.02. The van der Waals surface area contributed by atoms with Crippen molar-refractivity contribution >= 4 is 6.03 Å². The molecule has 1 rings (SSSR count). The van der Waals surface area contributed by atoms with Gasteiger partial charge < -0.3 is 10.2 Å². The van der Waals surface area contributed by atoms with Crippen molar-refractivity contribution in [3.63, 3.8) is 0 Å². The van der Waals surface area contributed by atoms with E-state index in [1.807, 2.05) is 33.8 Å². The summed E-state index contributed by atoms with van der Waals surface area (Å²) in [6.45, 7) is 15.9. The Balaban J connectivity index is 0. The van der Waals surface area contributed by atoms with Crippen LogP contribution >= 0.6 is 0 Å². The van der Waals surface area contributed by atoms with Crippen LogP contribution in [0.2, 0.25) is 0 Å². The number of allylic oxidation sites excluding steroid dienone is 2. The van der Waals surface area contributed by atoms with Crippen molar-refractivity contribution in [1.29, 1.82) is 0 Å². The molecule has 0 aromatic rings. The van der Waals surface area contributed by atoms with Gasteiger partial charge >= 0.3 is 6.03 Å². The van der Waals surface area contributed by atoms with Gasteiger partial charge in [0.15, 0.2) is 0 Å². The fraction of sp³-hybridized carbons (Fsp3) is 0.462. The van der Waals surface area contributed by atoms with Crippen molar-refractivity contribution in [1.82, 2.24) is 10.2 Å². The van der Waals surface area contributed by atoms with Gasteiger partial charge in [-0.2, -0.15) is 0 Å². The van der Waals surface area contributed by atoms with E-state index in [0.29, 0.717) is 12.2 Å². The first-order chi connectivity index (χ1) is 7.65. The minimum Gasteiger partial charge on any atom is -0.323 e. The predicted octanol–water partition coefficient (Wildman–Crippen LogP) is 3.32. The molecule has 0 saturated carbocycles. The van der Waals surface area contributed by atoms with Crippen LogP contribution in [0.1, 0.15) is 27.7 Å². The van der Waals surface area contributed by atoms with E-state index in [2.05, 4.69) is 18.5 Å². The Morgan fingerprint density at radius 2 is 1.81 bits per heavy atom. The van der Waals surface area contributed by atoms with Gasteiger partial charge in [0.25, 0.3) is 0 Å². The molecule has 1 aliphatic heterocycles. The van der Waals surface area contributed by atoms with E-state index < -0.39 is 0 Å². The van der Waals surface area contributed by atoms with Crippen LogP contribution in [0.4, 0.5) is 4.79 Å². The molecule has 92 valence electrons. The molecule has 16 heavy (non-hydrogen) atoms. The lowest BCUT2D eigenvalue weighted by Gasteiger charge is -2.27. The average Bonchev–Trinajstić information content (AvgIpc) is 2.31. The quantitative estimate of drug-likeness (QED) is 0.728. The third-order valence-corrected chi connectivity index (χ3v) is 1.72. The van der Waals surface area contributed by atoms with Crippen molar-refractivity contribution in [3.8, 4) is 0 Å². The Morgan fingerprint density at radius 1 is 1.31 bits per heavy atom. The van der Waals surface area contributed by atoms with Crippen LogP contribution in [-0.2, 0) is 0 Å². The van der Waals surface area contributed by atoms with Crippen molar-refractivity contribution in [2.45, 2.75) is 27.7 Å². The molecule has 0 aromatic heterocycles. The zero-order valence-electron chi connectivity index (χ0n) is 11.1. The molecule has 0 aromatic carbocycles. The first-order valence-corrected chi connectivity index (χ1v) is 5.68. The third kappa shape index (κ3) is 5.39. The smallest absolute Gasteiger partial charge is 0.321 e. The molecule has 2 amide bonds. The Bertz CT molecular complexity index is 267. The third-order valence-electron chi connectivity index (χ3n) is 1.72. The summed E-state index contributed by atoms with van der Waals surface area (Å²) in [5.74, 6) is 0. The minimum atomic E-state index is -0.110. The van der Waals surface area contributed by atoms with E-state index in [4.69, 9.17) is 0 Å². The van der Waals surface area contributed by atoms with Crippen LogP contribution in [-0.4, -0.2) is 24.5 Å². The number of carbonyl (C=O) groups excluding carboxylic acids is 1. The summed E-state index contributed by atoms with van der Waals surface area (Å²) in [5.41, 5.74) is 1.66. The molecular formula is C13H24N2O.